The Morgan fingerprint density at radius 1 is 1.26 bits per heavy atom. The Hall–Kier alpha value is -1.96. The number of nitrogens with two attached hydrogens (primary N) is 2. The van der Waals surface area contributed by atoms with Crippen LogP contribution in [0.25, 0.3) is 0 Å². The van der Waals surface area contributed by atoms with Gasteiger partial charge in [-0.25, -0.2) is 0 Å². The van der Waals surface area contributed by atoms with Gasteiger partial charge in [-0.3, -0.25) is 5.73 Å². The standard InChI is InChI=1S/C17H32N4O.C9H16N2.C2H6/c1-11(17(19,22)14-6-5-9-20-14)15(16(2,3)4)21-10-13(18)12-7-8-12;1-3-11(4-2)9-5-7-10-8-6-9;1-2/h10,12,14-15,20-22H,1,5-9,18-19H2,2-4H3;5-7,10H,3-4,8H2,1-2H3;1-2H3/b13-10-;;. The van der Waals surface area contributed by atoms with Crippen LogP contribution >= 0.6 is 0 Å². The molecule has 2 fully saturated rings. The van der Waals surface area contributed by atoms with Crippen molar-refractivity contribution >= 4 is 0 Å². The summed E-state index contributed by atoms with van der Waals surface area (Å²) in [5.41, 5.74) is 13.6. The summed E-state index contributed by atoms with van der Waals surface area (Å²) in [6.45, 7) is 22.8. The maximum atomic E-state index is 10.8. The first kappa shape index (κ1) is 31.1. The molecule has 202 valence electrons. The molecular weight excluding hydrogens is 436 g/mol. The van der Waals surface area contributed by atoms with Gasteiger partial charge in [-0.15, -0.1) is 0 Å². The van der Waals surface area contributed by atoms with Gasteiger partial charge < -0.3 is 31.7 Å². The number of nitrogens with one attached hydrogen (secondary N) is 3. The Bertz CT molecular complexity index is 720. The highest BCUT2D eigenvalue weighted by Crippen LogP contribution is 2.35. The second-order valence-corrected chi connectivity index (χ2v) is 10.4. The molecule has 1 saturated heterocycles. The topological polar surface area (TPSA) is 112 Å². The largest absolute Gasteiger partial charge is 0.401 e. The molecule has 35 heavy (non-hydrogen) atoms. The maximum Gasteiger partial charge on any atom is 0.152 e. The number of aliphatic hydroxyl groups is 1. The van der Waals surface area contributed by atoms with Gasteiger partial charge >= 0.3 is 0 Å². The van der Waals surface area contributed by atoms with Gasteiger partial charge in [-0.2, -0.15) is 0 Å². The normalized spacial score (nSPS) is 22.3. The first-order chi connectivity index (χ1) is 16.5. The summed E-state index contributed by atoms with van der Waals surface area (Å²) in [6.07, 6.45) is 12.4. The predicted molar refractivity (Wildman–Crippen MR) is 150 cm³/mol. The number of hydrogen-bond acceptors (Lipinski definition) is 7. The molecule has 3 aliphatic rings. The Balaban J connectivity index is 0.000000395. The fourth-order valence-electron chi connectivity index (χ4n) is 4.37. The molecule has 2 heterocycles. The molecular formula is C28H54N6O. The molecule has 1 aliphatic carbocycles. The predicted octanol–water partition coefficient (Wildman–Crippen LogP) is 3.51. The van der Waals surface area contributed by atoms with E-state index < -0.39 is 5.72 Å². The second-order valence-electron chi connectivity index (χ2n) is 10.4. The molecule has 0 amide bonds. The summed E-state index contributed by atoms with van der Waals surface area (Å²) in [5, 5.41) is 20.6. The van der Waals surface area contributed by atoms with Gasteiger partial charge in [0.2, 0.25) is 0 Å². The summed E-state index contributed by atoms with van der Waals surface area (Å²) >= 11 is 0. The third-order valence-electron chi connectivity index (χ3n) is 6.72. The van der Waals surface area contributed by atoms with E-state index in [-0.39, 0.29) is 17.5 Å². The Morgan fingerprint density at radius 2 is 1.89 bits per heavy atom. The van der Waals surface area contributed by atoms with E-state index >= 15 is 0 Å². The van der Waals surface area contributed by atoms with Crippen LogP contribution in [0, 0.1) is 11.3 Å². The van der Waals surface area contributed by atoms with Gasteiger partial charge in [0.25, 0.3) is 0 Å². The number of hydrogen-bond donors (Lipinski definition) is 6. The molecule has 0 aromatic rings. The fourth-order valence-corrected chi connectivity index (χ4v) is 4.37. The minimum absolute atomic E-state index is 0.136. The van der Waals surface area contributed by atoms with E-state index in [1.807, 2.05) is 26.2 Å². The van der Waals surface area contributed by atoms with Crippen LogP contribution in [0.15, 0.2) is 48.1 Å². The van der Waals surface area contributed by atoms with Crippen molar-refractivity contribution in [3.05, 3.63) is 48.1 Å². The summed E-state index contributed by atoms with van der Waals surface area (Å²) in [7, 11) is 0. The first-order valence-electron chi connectivity index (χ1n) is 13.5. The average Bonchev–Trinajstić information content (AvgIpc) is 3.54. The van der Waals surface area contributed by atoms with Crippen LogP contribution in [0.2, 0.25) is 0 Å². The lowest BCUT2D eigenvalue weighted by Gasteiger charge is -2.41. The molecule has 3 atom stereocenters. The number of nitrogens with zero attached hydrogens (tertiary/aromatic N) is 1. The third-order valence-corrected chi connectivity index (χ3v) is 6.72. The molecule has 0 radical (unpaired) electrons. The molecule has 0 aromatic heterocycles. The highest BCUT2D eigenvalue weighted by atomic mass is 16.3. The fraction of sp³-hybridized carbons (Fsp3) is 0.714. The molecule has 0 spiro atoms. The maximum absolute atomic E-state index is 10.8. The van der Waals surface area contributed by atoms with E-state index in [9.17, 15) is 5.11 Å². The van der Waals surface area contributed by atoms with E-state index in [0.717, 1.165) is 57.6 Å². The highest BCUT2D eigenvalue weighted by Gasteiger charge is 2.43. The van der Waals surface area contributed by atoms with Crippen molar-refractivity contribution in [1.82, 2.24) is 20.9 Å². The molecule has 7 nitrogen and oxygen atoms in total. The third kappa shape index (κ3) is 9.54. The number of likely N-dealkylation sites (N-methyl/N-ethyl adjacent to an activating group) is 1. The van der Waals surface area contributed by atoms with Crippen LogP contribution in [0.4, 0.5) is 0 Å². The molecule has 8 N–H and O–H groups in total. The van der Waals surface area contributed by atoms with Crippen LogP contribution < -0.4 is 27.4 Å². The lowest BCUT2D eigenvalue weighted by atomic mass is 9.77. The van der Waals surface area contributed by atoms with Crippen molar-refractivity contribution in [2.75, 3.05) is 26.2 Å². The minimum Gasteiger partial charge on any atom is -0.401 e. The zero-order chi connectivity index (χ0) is 26.6. The van der Waals surface area contributed by atoms with E-state index in [1.54, 1.807) is 0 Å². The zero-order valence-electron chi connectivity index (χ0n) is 23.5. The van der Waals surface area contributed by atoms with Gasteiger partial charge in [0.1, 0.15) is 0 Å². The summed E-state index contributed by atoms with van der Waals surface area (Å²) in [5.74, 6) is 0.509. The SMILES string of the molecule is C=C(C(N/C=C(\N)C1CC1)C(C)(C)C)C(N)(O)C1CCCN1.CC.CCN(CC)C1=CCNC=C1. The number of dihydropyridines is 1. The van der Waals surface area contributed by atoms with Crippen LogP contribution in [-0.2, 0) is 0 Å². The van der Waals surface area contributed by atoms with E-state index in [4.69, 9.17) is 11.5 Å². The minimum atomic E-state index is -1.43. The van der Waals surface area contributed by atoms with Crippen molar-refractivity contribution in [3.8, 4) is 0 Å². The first-order valence-corrected chi connectivity index (χ1v) is 13.5. The van der Waals surface area contributed by atoms with Crippen molar-refractivity contribution in [3.63, 3.8) is 0 Å². The van der Waals surface area contributed by atoms with Gasteiger partial charge in [-0.05, 0) is 81.3 Å². The van der Waals surface area contributed by atoms with Crippen molar-refractivity contribution in [2.24, 2.45) is 22.8 Å². The Kier molecular flexibility index (Phi) is 12.9. The summed E-state index contributed by atoms with van der Waals surface area (Å²) < 4.78 is 0. The van der Waals surface area contributed by atoms with Crippen molar-refractivity contribution in [1.29, 1.82) is 0 Å². The van der Waals surface area contributed by atoms with Gasteiger partial charge in [0.05, 0.1) is 12.1 Å². The van der Waals surface area contributed by atoms with E-state index in [1.165, 1.54) is 5.70 Å². The van der Waals surface area contributed by atoms with E-state index in [0.29, 0.717) is 11.5 Å². The summed E-state index contributed by atoms with van der Waals surface area (Å²) in [6, 6.07) is -0.293. The number of rotatable bonds is 9. The lowest BCUT2D eigenvalue weighted by molar-refractivity contribution is 0.0367. The molecule has 3 unspecified atom stereocenters. The molecule has 1 saturated carbocycles. The molecule has 0 bridgehead atoms. The van der Waals surface area contributed by atoms with Crippen molar-refractivity contribution in [2.45, 2.75) is 92.0 Å². The average molecular weight is 491 g/mol. The van der Waals surface area contributed by atoms with Crippen LogP contribution in [0.5, 0.6) is 0 Å². The Labute approximate surface area is 215 Å². The van der Waals surface area contributed by atoms with Gasteiger partial charge in [0.15, 0.2) is 5.72 Å². The van der Waals surface area contributed by atoms with Crippen LogP contribution in [0.3, 0.4) is 0 Å². The van der Waals surface area contributed by atoms with Gasteiger partial charge in [0, 0.05) is 37.2 Å². The van der Waals surface area contributed by atoms with E-state index in [2.05, 4.69) is 74.2 Å². The van der Waals surface area contributed by atoms with Crippen LogP contribution in [0.1, 0.15) is 74.1 Å². The highest BCUT2D eigenvalue weighted by molar-refractivity contribution is 5.25. The zero-order valence-corrected chi connectivity index (χ0v) is 23.5. The second kappa shape index (κ2) is 14.6. The van der Waals surface area contributed by atoms with Crippen LogP contribution in [-0.4, -0.2) is 54.0 Å². The summed E-state index contributed by atoms with van der Waals surface area (Å²) in [4.78, 5) is 2.34. The lowest BCUT2D eigenvalue weighted by Crippen LogP contribution is -2.61. The van der Waals surface area contributed by atoms with Gasteiger partial charge in [-0.1, -0.05) is 41.2 Å². The van der Waals surface area contributed by atoms with Crippen molar-refractivity contribution < 1.29 is 5.11 Å². The molecule has 3 rings (SSSR count). The molecule has 0 aromatic carbocycles. The Morgan fingerprint density at radius 3 is 2.31 bits per heavy atom. The molecule has 7 heteroatoms. The quantitative estimate of drug-likeness (QED) is 0.217. The molecule has 2 aliphatic heterocycles. The number of allylic oxidation sites excluding steroid dienone is 2. The smallest absolute Gasteiger partial charge is 0.152 e. The monoisotopic (exact) mass is 490 g/mol.